The molecule has 0 amide bonds. The van der Waals surface area contributed by atoms with Gasteiger partial charge in [0.15, 0.2) is 0 Å². The molecule has 0 radical (unpaired) electrons. The lowest BCUT2D eigenvalue weighted by atomic mass is 9.58. The summed E-state index contributed by atoms with van der Waals surface area (Å²) in [6.07, 6.45) is 11.5. The molecule has 0 aromatic rings. The van der Waals surface area contributed by atoms with E-state index in [1.807, 2.05) is 0 Å². The molecule has 0 aromatic carbocycles. The van der Waals surface area contributed by atoms with Gasteiger partial charge in [0.05, 0.1) is 0 Å². The van der Waals surface area contributed by atoms with Crippen molar-refractivity contribution in [3.63, 3.8) is 0 Å². The van der Waals surface area contributed by atoms with Gasteiger partial charge in [0, 0.05) is 0 Å². The van der Waals surface area contributed by atoms with E-state index in [2.05, 4.69) is 20.8 Å². The van der Waals surface area contributed by atoms with Crippen molar-refractivity contribution in [2.45, 2.75) is 72.1 Å². The first-order chi connectivity index (χ1) is 8.57. The molecular formula is C17H33N. The summed E-state index contributed by atoms with van der Waals surface area (Å²) in [6.45, 7) is 8.26. The third kappa shape index (κ3) is 3.10. The Morgan fingerprint density at radius 3 is 2.39 bits per heavy atom. The van der Waals surface area contributed by atoms with E-state index in [9.17, 15) is 0 Å². The largest absolute Gasteiger partial charge is 0.330 e. The highest BCUT2D eigenvalue weighted by Gasteiger charge is 2.41. The molecule has 0 heterocycles. The van der Waals surface area contributed by atoms with Crippen LogP contribution in [0.5, 0.6) is 0 Å². The van der Waals surface area contributed by atoms with Gasteiger partial charge in [0.25, 0.3) is 0 Å². The lowest BCUT2D eigenvalue weighted by Gasteiger charge is -2.47. The number of nitrogens with two attached hydrogens (primary N) is 1. The van der Waals surface area contributed by atoms with Gasteiger partial charge in [-0.15, -0.1) is 0 Å². The fraction of sp³-hybridized carbons (Fsp3) is 1.00. The smallest absolute Gasteiger partial charge is 0.00461 e. The maximum Gasteiger partial charge on any atom is -0.00461 e. The molecule has 0 aromatic heterocycles. The first kappa shape index (κ1) is 14.4. The Bertz CT molecular complexity index is 258. The predicted octanol–water partition coefficient (Wildman–Crippen LogP) is 4.60. The Morgan fingerprint density at radius 2 is 1.72 bits per heavy atom. The minimum atomic E-state index is 0.562. The highest BCUT2D eigenvalue weighted by molar-refractivity contribution is 4.91. The van der Waals surface area contributed by atoms with Gasteiger partial charge >= 0.3 is 0 Å². The second-order valence-electron chi connectivity index (χ2n) is 7.68. The lowest BCUT2D eigenvalue weighted by molar-refractivity contribution is 0.0321. The van der Waals surface area contributed by atoms with E-state index >= 15 is 0 Å². The second kappa shape index (κ2) is 5.94. The number of rotatable bonds is 3. The van der Waals surface area contributed by atoms with Crippen LogP contribution in [0.4, 0.5) is 0 Å². The van der Waals surface area contributed by atoms with Crippen LogP contribution in [0.25, 0.3) is 0 Å². The average molecular weight is 251 g/mol. The van der Waals surface area contributed by atoms with E-state index in [0.29, 0.717) is 5.41 Å². The molecule has 0 spiro atoms. The Hall–Kier alpha value is -0.0400. The molecular weight excluding hydrogens is 218 g/mol. The van der Waals surface area contributed by atoms with Gasteiger partial charge in [-0.1, -0.05) is 46.5 Å². The molecule has 18 heavy (non-hydrogen) atoms. The van der Waals surface area contributed by atoms with Gasteiger partial charge in [0.1, 0.15) is 0 Å². The maximum atomic E-state index is 6.08. The van der Waals surface area contributed by atoms with Crippen LogP contribution in [0.15, 0.2) is 0 Å². The van der Waals surface area contributed by atoms with Gasteiger partial charge < -0.3 is 5.73 Å². The molecule has 1 nitrogen and oxygen atoms in total. The van der Waals surface area contributed by atoms with Crippen molar-refractivity contribution < 1.29 is 0 Å². The van der Waals surface area contributed by atoms with E-state index in [-0.39, 0.29) is 0 Å². The Morgan fingerprint density at radius 1 is 1.00 bits per heavy atom. The number of hydrogen-bond acceptors (Lipinski definition) is 1. The zero-order valence-corrected chi connectivity index (χ0v) is 12.8. The van der Waals surface area contributed by atoms with E-state index in [0.717, 1.165) is 30.2 Å². The topological polar surface area (TPSA) is 26.0 Å². The van der Waals surface area contributed by atoms with Crippen molar-refractivity contribution in [3.8, 4) is 0 Å². The van der Waals surface area contributed by atoms with E-state index in [1.54, 1.807) is 0 Å². The number of hydrogen-bond donors (Lipinski definition) is 1. The van der Waals surface area contributed by atoms with Crippen molar-refractivity contribution in [1.29, 1.82) is 0 Å². The van der Waals surface area contributed by atoms with E-state index in [4.69, 9.17) is 5.73 Å². The van der Waals surface area contributed by atoms with Gasteiger partial charge in [-0.25, -0.2) is 0 Å². The monoisotopic (exact) mass is 251 g/mol. The maximum absolute atomic E-state index is 6.08. The second-order valence-corrected chi connectivity index (χ2v) is 7.68. The standard InChI is InChI=1S/C17H33N/c1-4-13-7-5-6-8-15(13)16-11-17(2,3)10-9-14(16)12-18/h13-16H,4-12,18H2,1-3H3. The van der Waals surface area contributed by atoms with Crippen LogP contribution in [0.3, 0.4) is 0 Å². The van der Waals surface area contributed by atoms with Crippen LogP contribution in [-0.4, -0.2) is 6.54 Å². The normalized spacial score (nSPS) is 40.7. The SMILES string of the molecule is CCC1CCCCC1C1CC(C)(C)CCC1CN. The van der Waals surface area contributed by atoms with Crippen LogP contribution >= 0.6 is 0 Å². The Kier molecular flexibility index (Phi) is 4.75. The summed E-state index contributed by atoms with van der Waals surface area (Å²) < 4.78 is 0. The van der Waals surface area contributed by atoms with Crippen LogP contribution in [-0.2, 0) is 0 Å². The molecule has 2 saturated carbocycles. The average Bonchev–Trinajstić information content (AvgIpc) is 2.37. The van der Waals surface area contributed by atoms with Crippen molar-refractivity contribution in [2.75, 3.05) is 6.54 Å². The molecule has 0 aliphatic heterocycles. The first-order valence-corrected chi connectivity index (χ1v) is 8.27. The van der Waals surface area contributed by atoms with Crippen LogP contribution in [0.1, 0.15) is 72.1 Å². The Labute approximate surface area is 114 Å². The molecule has 1 heteroatoms. The summed E-state index contributed by atoms with van der Waals surface area (Å²) in [5.41, 5.74) is 6.64. The molecule has 0 saturated heterocycles. The molecule has 0 bridgehead atoms. The minimum absolute atomic E-state index is 0.562. The third-order valence-corrected chi connectivity index (χ3v) is 5.93. The highest BCUT2D eigenvalue weighted by atomic mass is 14.6. The fourth-order valence-electron chi connectivity index (χ4n) is 4.80. The Balaban J connectivity index is 2.10. The molecule has 2 aliphatic carbocycles. The molecule has 2 rings (SSSR count). The lowest BCUT2D eigenvalue weighted by Crippen LogP contribution is -2.41. The van der Waals surface area contributed by atoms with E-state index < -0.39 is 0 Å². The van der Waals surface area contributed by atoms with Crippen molar-refractivity contribution >= 4 is 0 Å². The van der Waals surface area contributed by atoms with Crippen molar-refractivity contribution in [3.05, 3.63) is 0 Å². The molecule has 2 aliphatic rings. The minimum Gasteiger partial charge on any atom is -0.330 e. The van der Waals surface area contributed by atoms with Gasteiger partial charge in [-0.05, 0) is 61.3 Å². The summed E-state index contributed by atoms with van der Waals surface area (Å²) in [6, 6.07) is 0. The quantitative estimate of drug-likeness (QED) is 0.779. The summed E-state index contributed by atoms with van der Waals surface area (Å²) >= 11 is 0. The highest BCUT2D eigenvalue weighted by Crippen LogP contribution is 2.49. The molecule has 2 fully saturated rings. The van der Waals surface area contributed by atoms with Crippen molar-refractivity contribution in [2.24, 2.45) is 34.8 Å². The molecule has 4 unspecified atom stereocenters. The summed E-state index contributed by atoms with van der Waals surface area (Å²) in [7, 11) is 0. The summed E-state index contributed by atoms with van der Waals surface area (Å²) in [5.74, 6) is 3.71. The predicted molar refractivity (Wildman–Crippen MR) is 79.4 cm³/mol. The zero-order chi connectivity index (χ0) is 13.2. The molecule has 4 atom stereocenters. The van der Waals surface area contributed by atoms with Crippen LogP contribution in [0.2, 0.25) is 0 Å². The van der Waals surface area contributed by atoms with Gasteiger partial charge in [-0.2, -0.15) is 0 Å². The summed E-state index contributed by atoms with van der Waals surface area (Å²) in [5, 5.41) is 0. The molecule has 2 N–H and O–H groups in total. The first-order valence-electron chi connectivity index (χ1n) is 8.27. The van der Waals surface area contributed by atoms with Gasteiger partial charge in [0.2, 0.25) is 0 Å². The summed E-state index contributed by atoms with van der Waals surface area (Å²) in [4.78, 5) is 0. The van der Waals surface area contributed by atoms with Crippen molar-refractivity contribution in [1.82, 2.24) is 0 Å². The molecule has 106 valence electrons. The van der Waals surface area contributed by atoms with Crippen LogP contribution < -0.4 is 5.73 Å². The zero-order valence-electron chi connectivity index (χ0n) is 12.8. The van der Waals surface area contributed by atoms with Crippen LogP contribution in [0, 0.1) is 29.1 Å². The van der Waals surface area contributed by atoms with E-state index in [1.165, 1.54) is 51.4 Å². The third-order valence-electron chi connectivity index (χ3n) is 5.93. The van der Waals surface area contributed by atoms with Gasteiger partial charge in [-0.3, -0.25) is 0 Å². The fourth-order valence-corrected chi connectivity index (χ4v) is 4.80.